The van der Waals surface area contributed by atoms with Crippen molar-refractivity contribution >= 4 is 5.91 Å². The fourth-order valence-electron chi connectivity index (χ4n) is 2.57. The summed E-state index contributed by atoms with van der Waals surface area (Å²) in [7, 11) is 0. The van der Waals surface area contributed by atoms with Gasteiger partial charge in [0.1, 0.15) is 0 Å². The van der Waals surface area contributed by atoms with Crippen LogP contribution in [0, 0.1) is 0 Å². The minimum absolute atomic E-state index is 0.0612. The largest absolute Gasteiger partial charge is 0.395 e. The number of aliphatic hydroxyl groups excluding tert-OH is 1. The average molecular weight is 269 g/mol. The van der Waals surface area contributed by atoms with Crippen LogP contribution in [-0.4, -0.2) is 17.6 Å². The van der Waals surface area contributed by atoms with Gasteiger partial charge in [0.25, 0.3) is 0 Å². The van der Waals surface area contributed by atoms with E-state index >= 15 is 0 Å². The second-order valence-corrected chi connectivity index (χ2v) is 4.94. The molecular formula is C17H19NO2. The van der Waals surface area contributed by atoms with Gasteiger partial charge in [-0.05, 0) is 17.5 Å². The average Bonchev–Trinajstić information content (AvgIpc) is 2.50. The summed E-state index contributed by atoms with van der Waals surface area (Å²) in [5.74, 6) is -0.352. The van der Waals surface area contributed by atoms with Crippen LogP contribution in [0.15, 0.2) is 60.7 Å². The predicted molar refractivity (Wildman–Crippen MR) is 79.2 cm³/mol. The predicted octanol–water partition coefficient (Wildman–Crippen LogP) is 2.23. The number of primary amides is 1. The van der Waals surface area contributed by atoms with Gasteiger partial charge in [0, 0.05) is 11.8 Å². The molecule has 3 heteroatoms. The van der Waals surface area contributed by atoms with Crippen molar-refractivity contribution in [3.05, 3.63) is 71.8 Å². The SMILES string of the molecule is NC(=O)CCC(CO)(c1ccccc1)c1ccccc1. The van der Waals surface area contributed by atoms with Crippen molar-refractivity contribution in [2.45, 2.75) is 18.3 Å². The van der Waals surface area contributed by atoms with E-state index in [1.54, 1.807) is 0 Å². The van der Waals surface area contributed by atoms with E-state index in [9.17, 15) is 9.90 Å². The third-order valence-electron chi connectivity index (χ3n) is 3.72. The molecule has 0 saturated carbocycles. The Labute approximate surface area is 119 Å². The number of benzene rings is 2. The first-order valence-electron chi connectivity index (χ1n) is 6.69. The molecule has 104 valence electrons. The number of nitrogens with two attached hydrogens (primary N) is 1. The fourth-order valence-corrected chi connectivity index (χ4v) is 2.57. The minimum atomic E-state index is -0.586. The van der Waals surface area contributed by atoms with Gasteiger partial charge in [0.15, 0.2) is 0 Å². The lowest BCUT2D eigenvalue weighted by Crippen LogP contribution is -2.33. The van der Waals surface area contributed by atoms with Crippen LogP contribution in [-0.2, 0) is 10.2 Å². The van der Waals surface area contributed by atoms with E-state index in [2.05, 4.69) is 0 Å². The molecule has 2 aromatic carbocycles. The van der Waals surface area contributed by atoms with E-state index in [0.29, 0.717) is 6.42 Å². The maximum Gasteiger partial charge on any atom is 0.217 e. The highest BCUT2D eigenvalue weighted by atomic mass is 16.3. The number of rotatable bonds is 6. The molecule has 2 aromatic rings. The quantitative estimate of drug-likeness (QED) is 0.844. The summed E-state index contributed by atoms with van der Waals surface area (Å²) in [4.78, 5) is 11.2. The molecule has 0 atom stereocenters. The van der Waals surface area contributed by atoms with Crippen molar-refractivity contribution in [2.24, 2.45) is 5.73 Å². The van der Waals surface area contributed by atoms with Crippen molar-refractivity contribution in [2.75, 3.05) is 6.61 Å². The van der Waals surface area contributed by atoms with E-state index in [1.807, 2.05) is 60.7 Å². The topological polar surface area (TPSA) is 63.3 Å². The van der Waals surface area contributed by atoms with Crippen LogP contribution in [0.1, 0.15) is 24.0 Å². The third-order valence-corrected chi connectivity index (χ3v) is 3.72. The van der Waals surface area contributed by atoms with E-state index in [-0.39, 0.29) is 18.9 Å². The fraction of sp³-hybridized carbons (Fsp3) is 0.235. The second kappa shape index (κ2) is 6.35. The van der Waals surface area contributed by atoms with Crippen LogP contribution in [0.3, 0.4) is 0 Å². The van der Waals surface area contributed by atoms with Crippen molar-refractivity contribution in [1.29, 1.82) is 0 Å². The number of hydrogen-bond donors (Lipinski definition) is 2. The Morgan fingerprint density at radius 3 is 1.75 bits per heavy atom. The zero-order chi connectivity index (χ0) is 14.4. The molecule has 0 fully saturated rings. The Morgan fingerprint density at radius 2 is 1.40 bits per heavy atom. The Balaban J connectivity index is 2.49. The lowest BCUT2D eigenvalue weighted by atomic mass is 9.72. The highest BCUT2D eigenvalue weighted by molar-refractivity contribution is 5.74. The Morgan fingerprint density at radius 1 is 0.950 bits per heavy atom. The minimum Gasteiger partial charge on any atom is -0.395 e. The van der Waals surface area contributed by atoms with Crippen LogP contribution in [0.4, 0.5) is 0 Å². The molecular weight excluding hydrogens is 250 g/mol. The van der Waals surface area contributed by atoms with Crippen LogP contribution < -0.4 is 5.73 Å². The maximum atomic E-state index is 11.2. The van der Waals surface area contributed by atoms with Gasteiger partial charge in [0.2, 0.25) is 5.91 Å². The van der Waals surface area contributed by atoms with Gasteiger partial charge in [-0.25, -0.2) is 0 Å². The Hall–Kier alpha value is -2.13. The van der Waals surface area contributed by atoms with Gasteiger partial charge in [-0.3, -0.25) is 4.79 Å². The molecule has 0 aliphatic heterocycles. The molecule has 0 radical (unpaired) electrons. The normalized spacial score (nSPS) is 11.2. The number of aliphatic hydroxyl groups is 1. The summed E-state index contributed by atoms with van der Waals surface area (Å²) in [5.41, 5.74) is 6.69. The molecule has 1 amide bonds. The molecule has 20 heavy (non-hydrogen) atoms. The van der Waals surface area contributed by atoms with Crippen LogP contribution >= 0.6 is 0 Å². The van der Waals surface area contributed by atoms with E-state index in [4.69, 9.17) is 5.73 Å². The van der Waals surface area contributed by atoms with Gasteiger partial charge in [-0.15, -0.1) is 0 Å². The summed E-state index contributed by atoms with van der Waals surface area (Å²) >= 11 is 0. The second-order valence-electron chi connectivity index (χ2n) is 4.94. The molecule has 0 aliphatic rings. The first-order chi connectivity index (χ1) is 9.69. The molecule has 0 bridgehead atoms. The van der Waals surface area contributed by atoms with Crippen molar-refractivity contribution < 1.29 is 9.90 Å². The number of amides is 1. The number of carbonyl (C=O) groups is 1. The maximum absolute atomic E-state index is 11.2. The van der Waals surface area contributed by atoms with Crippen molar-refractivity contribution in [1.82, 2.24) is 0 Å². The Kier molecular flexibility index (Phi) is 4.53. The summed E-state index contributed by atoms with van der Waals surface area (Å²) < 4.78 is 0. The molecule has 0 saturated heterocycles. The van der Waals surface area contributed by atoms with Gasteiger partial charge >= 0.3 is 0 Å². The lowest BCUT2D eigenvalue weighted by molar-refractivity contribution is -0.118. The first kappa shape index (κ1) is 14.3. The third kappa shape index (κ3) is 2.89. The monoisotopic (exact) mass is 269 g/mol. The van der Waals surface area contributed by atoms with Crippen LogP contribution in [0.5, 0.6) is 0 Å². The number of hydrogen-bond acceptors (Lipinski definition) is 2. The molecule has 0 spiro atoms. The molecule has 3 N–H and O–H groups in total. The lowest BCUT2D eigenvalue weighted by Gasteiger charge is -2.33. The summed E-state index contributed by atoms with van der Waals surface area (Å²) in [6.07, 6.45) is 0.733. The standard InChI is InChI=1S/C17H19NO2/c18-16(20)11-12-17(13-19,14-7-3-1-4-8-14)15-9-5-2-6-10-15/h1-10,19H,11-13H2,(H2,18,20). The summed E-state index contributed by atoms with van der Waals surface area (Å²) in [6, 6.07) is 19.5. The zero-order valence-corrected chi connectivity index (χ0v) is 11.3. The van der Waals surface area contributed by atoms with Crippen LogP contribution in [0.2, 0.25) is 0 Å². The molecule has 0 aromatic heterocycles. The van der Waals surface area contributed by atoms with Crippen molar-refractivity contribution in [3.63, 3.8) is 0 Å². The summed E-state index contributed by atoms with van der Waals surface area (Å²) in [5, 5.41) is 10.0. The number of carbonyl (C=O) groups excluding carboxylic acids is 1. The molecule has 0 heterocycles. The smallest absolute Gasteiger partial charge is 0.217 e. The summed E-state index contributed by atoms with van der Waals surface area (Å²) in [6.45, 7) is -0.0612. The van der Waals surface area contributed by atoms with Crippen molar-refractivity contribution in [3.8, 4) is 0 Å². The Bertz CT molecular complexity index is 512. The highest BCUT2D eigenvalue weighted by Gasteiger charge is 2.33. The molecule has 0 unspecified atom stereocenters. The molecule has 3 nitrogen and oxygen atoms in total. The van der Waals surface area contributed by atoms with Gasteiger partial charge in [-0.1, -0.05) is 60.7 Å². The van der Waals surface area contributed by atoms with Gasteiger partial charge in [0.05, 0.1) is 6.61 Å². The van der Waals surface area contributed by atoms with Gasteiger partial charge in [-0.2, -0.15) is 0 Å². The van der Waals surface area contributed by atoms with E-state index < -0.39 is 5.41 Å². The molecule has 2 rings (SSSR count). The van der Waals surface area contributed by atoms with E-state index in [1.165, 1.54) is 0 Å². The van der Waals surface area contributed by atoms with Crippen LogP contribution in [0.25, 0.3) is 0 Å². The van der Waals surface area contributed by atoms with Gasteiger partial charge < -0.3 is 10.8 Å². The van der Waals surface area contributed by atoms with E-state index in [0.717, 1.165) is 11.1 Å². The molecule has 0 aliphatic carbocycles. The first-order valence-corrected chi connectivity index (χ1v) is 6.69. The zero-order valence-electron chi connectivity index (χ0n) is 11.3. The highest BCUT2D eigenvalue weighted by Crippen LogP contribution is 2.36.